The Balaban J connectivity index is 1.57. The summed E-state index contributed by atoms with van der Waals surface area (Å²) in [4.78, 5) is 34.2. The van der Waals surface area contributed by atoms with Gasteiger partial charge in [0.05, 0.1) is 16.8 Å². The first kappa shape index (κ1) is 20.9. The van der Waals surface area contributed by atoms with Gasteiger partial charge in [-0.1, -0.05) is 60.3 Å². The molecule has 0 atom stereocenters. The quantitative estimate of drug-likeness (QED) is 0.350. The van der Waals surface area contributed by atoms with Crippen molar-refractivity contribution < 1.29 is 4.79 Å². The molecule has 2 N–H and O–H groups in total. The first-order valence-electron chi connectivity index (χ1n) is 10.4. The number of hydrogen-bond donors (Lipinski definition) is 1. The predicted molar refractivity (Wildman–Crippen MR) is 129 cm³/mol. The Hall–Kier alpha value is -2.94. The minimum absolute atomic E-state index is 0.0702. The molecule has 0 fully saturated rings. The van der Waals surface area contributed by atoms with Crippen LogP contribution in [0, 0.1) is 0 Å². The van der Waals surface area contributed by atoms with Gasteiger partial charge in [-0.05, 0) is 29.7 Å². The van der Waals surface area contributed by atoms with Gasteiger partial charge in [0, 0.05) is 24.5 Å². The number of nitrogens with zero attached hydrogens (tertiary/aromatic N) is 3. The standard InChI is InChI=1S/C24H22N4O2S2/c25-20(29)15-31-24-26-22-21(23(30)28(24)17-9-5-2-6-10-17)18-11-12-27(14-19(18)32-22)13-16-7-3-1-4-8-16/h1-10H,11-15H2,(H2,25,29). The molecule has 162 valence electrons. The van der Waals surface area contributed by atoms with Crippen LogP contribution in [0.15, 0.2) is 70.6 Å². The van der Waals surface area contributed by atoms with Gasteiger partial charge in [-0.15, -0.1) is 11.3 Å². The van der Waals surface area contributed by atoms with E-state index in [1.54, 1.807) is 15.9 Å². The lowest BCUT2D eigenvalue weighted by atomic mass is 10.0. The summed E-state index contributed by atoms with van der Waals surface area (Å²) in [7, 11) is 0. The van der Waals surface area contributed by atoms with E-state index in [1.807, 2.05) is 36.4 Å². The van der Waals surface area contributed by atoms with Crippen molar-refractivity contribution in [3.63, 3.8) is 0 Å². The SMILES string of the molecule is NC(=O)CSc1nc2sc3c(c2c(=O)n1-c1ccccc1)CCN(Cc1ccccc1)C3. The maximum Gasteiger partial charge on any atom is 0.267 e. The van der Waals surface area contributed by atoms with E-state index in [0.717, 1.165) is 42.1 Å². The van der Waals surface area contributed by atoms with Crippen LogP contribution in [0.3, 0.4) is 0 Å². The molecule has 2 aromatic heterocycles. The Morgan fingerprint density at radius 2 is 1.81 bits per heavy atom. The van der Waals surface area contributed by atoms with Crippen LogP contribution in [-0.4, -0.2) is 32.7 Å². The molecule has 2 aromatic carbocycles. The number of fused-ring (bicyclic) bond motifs is 3. The summed E-state index contributed by atoms with van der Waals surface area (Å²) in [6, 6.07) is 19.9. The second-order valence-electron chi connectivity index (χ2n) is 7.76. The van der Waals surface area contributed by atoms with E-state index >= 15 is 0 Å². The van der Waals surface area contributed by atoms with Crippen molar-refractivity contribution in [1.29, 1.82) is 0 Å². The normalized spacial score (nSPS) is 13.9. The van der Waals surface area contributed by atoms with Crippen molar-refractivity contribution in [3.05, 3.63) is 87.0 Å². The summed E-state index contributed by atoms with van der Waals surface area (Å²) in [6.07, 6.45) is 0.821. The molecule has 4 aromatic rings. The number of amides is 1. The van der Waals surface area contributed by atoms with Gasteiger partial charge in [0.1, 0.15) is 4.83 Å². The van der Waals surface area contributed by atoms with Gasteiger partial charge in [0.25, 0.3) is 5.56 Å². The van der Waals surface area contributed by atoms with Crippen LogP contribution in [0.1, 0.15) is 16.0 Å². The first-order chi connectivity index (χ1) is 15.6. The fraction of sp³-hybridized carbons (Fsp3) is 0.208. The van der Waals surface area contributed by atoms with Gasteiger partial charge >= 0.3 is 0 Å². The van der Waals surface area contributed by atoms with Gasteiger partial charge in [-0.3, -0.25) is 19.1 Å². The van der Waals surface area contributed by atoms with Crippen molar-refractivity contribution >= 4 is 39.2 Å². The number of benzene rings is 2. The average molecular weight is 463 g/mol. The molecule has 3 heterocycles. The van der Waals surface area contributed by atoms with E-state index < -0.39 is 5.91 Å². The Bertz CT molecular complexity index is 1330. The fourth-order valence-electron chi connectivity index (χ4n) is 4.09. The van der Waals surface area contributed by atoms with E-state index in [-0.39, 0.29) is 11.3 Å². The van der Waals surface area contributed by atoms with Gasteiger partial charge in [-0.2, -0.15) is 0 Å². The number of rotatable bonds is 6. The first-order valence-corrected chi connectivity index (χ1v) is 12.2. The third-order valence-electron chi connectivity index (χ3n) is 5.53. The number of carbonyl (C=O) groups excluding carboxylic acids is 1. The smallest absolute Gasteiger partial charge is 0.267 e. The molecule has 1 aliphatic heterocycles. The monoisotopic (exact) mass is 462 g/mol. The average Bonchev–Trinajstić information content (AvgIpc) is 3.17. The maximum atomic E-state index is 13.7. The lowest BCUT2D eigenvalue weighted by Crippen LogP contribution is -2.30. The fourth-order valence-corrected chi connectivity index (χ4v) is 6.15. The molecule has 1 amide bonds. The molecule has 0 spiro atoms. The van der Waals surface area contributed by atoms with Gasteiger partial charge in [-0.25, -0.2) is 4.98 Å². The van der Waals surface area contributed by atoms with E-state index in [0.29, 0.717) is 10.5 Å². The minimum Gasteiger partial charge on any atom is -0.369 e. The summed E-state index contributed by atoms with van der Waals surface area (Å²) < 4.78 is 1.61. The van der Waals surface area contributed by atoms with E-state index in [4.69, 9.17) is 10.7 Å². The Morgan fingerprint density at radius 3 is 2.53 bits per heavy atom. The summed E-state index contributed by atoms with van der Waals surface area (Å²) in [6.45, 7) is 2.59. The lowest BCUT2D eigenvalue weighted by molar-refractivity contribution is -0.115. The number of aromatic nitrogens is 2. The highest BCUT2D eigenvalue weighted by molar-refractivity contribution is 7.99. The van der Waals surface area contributed by atoms with Crippen molar-refractivity contribution in [2.24, 2.45) is 5.73 Å². The van der Waals surface area contributed by atoms with Gasteiger partial charge < -0.3 is 5.73 Å². The zero-order valence-corrected chi connectivity index (χ0v) is 19.0. The molecule has 32 heavy (non-hydrogen) atoms. The third kappa shape index (κ3) is 4.09. The van der Waals surface area contributed by atoms with E-state index in [2.05, 4.69) is 29.2 Å². The number of hydrogen-bond acceptors (Lipinski definition) is 6. The molecule has 0 saturated carbocycles. The molecule has 0 bridgehead atoms. The molecule has 1 aliphatic rings. The highest BCUT2D eigenvalue weighted by Crippen LogP contribution is 2.34. The highest BCUT2D eigenvalue weighted by Gasteiger charge is 2.25. The van der Waals surface area contributed by atoms with Crippen LogP contribution in [0.25, 0.3) is 15.9 Å². The molecule has 0 unspecified atom stereocenters. The second-order valence-corrected chi connectivity index (χ2v) is 9.78. The molecular weight excluding hydrogens is 440 g/mol. The van der Waals surface area contributed by atoms with E-state index in [1.165, 1.54) is 22.2 Å². The largest absolute Gasteiger partial charge is 0.369 e. The predicted octanol–water partition coefficient (Wildman–Crippen LogP) is 3.58. The molecular formula is C24H22N4O2S2. The Kier molecular flexibility index (Phi) is 5.82. The van der Waals surface area contributed by atoms with Crippen LogP contribution in [0.4, 0.5) is 0 Å². The minimum atomic E-state index is -0.439. The van der Waals surface area contributed by atoms with Crippen LogP contribution >= 0.6 is 23.1 Å². The summed E-state index contributed by atoms with van der Waals surface area (Å²) >= 11 is 2.79. The van der Waals surface area contributed by atoms with Crippen molar-refractivity contribution in [2.75, 3.05) is 12.3 Å². The number of nitrogens with two attached hydrogens (primary N) is 1. The molecule has 0 aliphatic carbocycles. The summed E-state index contributed by atoms with van der Waals surface area (Å²) in [5.41, 5.74) is 8.41. The molecule has 0 radical (unpaired) electrons. The van der Waals surface area contributed by atoms with Crippen LogP contribution < -0.4 is 11.3 Å². The molecule has 8 heteroatoms. The van der Waals surface area contributed by atoms with Crippen LogP contribution in [0.2, 0.25) is 0 Å². The number of thiophene rings is 1. The maximum absolute atomic E-state index is 13.7. The number of primary amides is 1. The van der Waals surface area contributed by atoms with Crippen molar-refractivity contribution in [1.82, 2.24) is 14.5 Å². The highest BCUT2D eigenvalue weighted by atomic mass is 32.2. The lowest BCUT2D eigenvalue weighted by Gasteiger charge is -2.26. The summed E-state index contributed by atoms with van der Waals surface area (Å²) in [5.74, 6) is -0.369. The Labute approximate surface area is 193 Å². The summed E-state index contributed by atoms with van der Waals surface area (Å²) in [5, 5.41) is 1.20. The Morgan fingerprint density at radius 1 is 1.09 bits per heavy atom. The number of thioether (sulfide) groups is 1. The second kappa shape index (κ2) is 8.90. The van der Waals surface area contributed by atoms with Crippen molar-refractivity contribution in [2.45, 2.75) is 24.7 Å². The zero-order chi connectivity index (χ0) is 22.1. The topological polar surface area (TPSA) is 81.2 Å². The zero-order valence-electron chi connectivity index (χ0n) is 17.4. The van der Waals surface area contributed by atoms with Gasteiger partial charge in [0.2, 0.25) is 5.91 Å². The van der Waals surface area contributed by atoms with Crippen molar-refractivity contribution in [3.8, 4) is 5.69 Å². The molecule has 5 rings (SSSR count). The van der Waals surface area contributed by atoms with E-state index in [9.17, 15) is 9.59 Å². The van der Waals surface area contributed by atoms with Crippen LogP contribution in [0.5, 0.6) is 0 Å². The molecule has 0 saturated heterocycles. The third-order valence-corrected chi connectivity index (χ3v) is 7.60. The van der Waals surface area contributed by atoms with Gasteiger partial charge in [0.15, 0.2) is 5.16 Å². The molecule has 6 nitrogen and oxygen atoms in total. The number of para-hydroxylation sites is 1. The number of carbonyl (C=O) groups is 1. The van der Waals surface area contributed by atoms with Crippen LogP contribution in [-0.2, 0) is 24.3 Å².